The van der Waals surface area contributed by atoms with E-state index >= 15 is 0 Å². The zero-order chi connectivity index (χ0) is 26.5. The van der Waals surface area contributed by atoms with Gasteiger partial charge in [-0.2, -0.15) is 5.10 Å². The summed E-state index contributed by atoms with van der Waals surface area (Å²) in [4.78, 5) is 25.1. The number of ether oxygens (including phenoxy) is 3. The molecule has 3 rings (SSSR count). The van der Waals surface area contributed by atoms with Crippen molar-refractivity contribution in [2.24, 2.45) is 7.05 Å². The number of nitrogens with zero attached hydrogens (tertiary/aromatic N) is 2. The predicted molar refractivity (Wildman–Crippen MR) is 138 cm³/mol. The van der Waals surface area contributed by atoms with Gasteiger partial charge in [-0.15, -0.1) is 0 Å². The van der Waals surface area contributed by atoms with Crippen molar-refractivity contribution in [2.75, 3.05) is 13.7 Å². The van der Waals surface area contributed by atoms with Crippen LogP contribution in [0.25, 0.3) is 11.3 Å². The van der Waals surface area contributed by atoms with Gasteiger partial charge in [0.05, 0.1) is 19.4 Å². The molecular formula is C28H35N3O5. The van der Waals surface area contributed by atoms with E-state index in [2.05, 4.69) is 36.4 Å². The fourth-order valence-corrected chi connectivity index (χ4v) is 3.66. The van der Waals surface area contributed by atoms with E-state index in [-0.39, 0.29) is 19.1 Å². The highest BCUT2D eigenvalue weighted by molar-refractivity contribution is 5.93. The first-order valence-electron chi connectivity index (χ1n) is 12.0. The van der Waals surface area contributed by atoms with E-state index in [9.17, 15) is 9.59 Å². The summed E-state index contributed by atoms with van der Waals surface area (Å²) in [5.41, 5.74) is 3.05. The van der Waals surface area contributed by atoms with Crippen LogP contribution in [0.4, 0.5) is 0 Å². The molecule has 1 aromatic heterocycles. The molecule has 8 heteroatoms. The summed E-state index contributed by atoms with van der Waals surface area (Å²) in [6.07, 6.45) is 0. The number of esters is 1. The largest absolute Gasteiger partial charge is 0.493 e. The lowest BCUT2D eigenvalue weighted by Gasteiger charge is -2.25. The Labute approximate surface area is 212 Å². The van der Waals surface area contributed by atoms with E-state index in [0.717, 1.165) is 16.8 Å². The highest BCUT2D eigenvalue weighted by atomic mass is 16.6. The molecule has 1 N–H and O–H groups in total. The van der Waals surface area contributed by atoms with Gasteiger partial charge in [-0.25, -0.2) is 4.79 Å². The first-order valence-corrected chi connectivity index (χ1v) is 12.0. The number of carbonyl (C=O) groups excluding carboxylic acids is 2. The van der Waals surface area contributed by atoms with Gasteiger partial charge in [0.1, 0.15) is 5.69 Å². The molecule has 0 spiro atoms. The zero-order valence-corrected chi connectivity index (χ0v) is 22.0. The first kappa shape index (κ1) is 26.8. The molecule has 0 bridgehead atoms. The lowest BCUT2D eigenvalue weighted by atomic mass is 10.0. The molecule has 1 amide bonds. The minimum atomic E-state index is -1.18. The summed E-state index contributed by atoms with van der Waals surface area (Å²) in [5, 5.41) is 7.44. The highest BCUT2D eigenvalue weighted by Crippen LogP contribution is 2.31. The highest BCUT2D eigenvalue weighted by Gasteiger charge is 2.32. The number of aromatic nitrogens is 2. The van der Waals surface area contributed by atoms with E-state index < -0.39 is 11.6 Å². The molecule has 3 aromatic rings. The molecule has 36 heavy (non-hydrogen) atoms. The van der Waals surface area contributed by atoms with E-state index in [4.69, 9.17) is 14.2 Å². The molecule has 0 atom stereocenters. The van der Waals surface area contributed by atoms with Gasteiger partial charge < -0.3 is 19.5 Å². The first-order chi connectivity index (χ1) is 17.1. The molecule has 2 aromatic carbocycles. The van der Waals surface area contributed by atoms with Crippen molar-refractivity contribution in [3.8, 4) is 22.8 Å². The maximum Gasteiger partial charge on any atom is 0.349 e. The Balaban J connectivity index is 1.69. The smallest absolute Gasteiger partial charge is 0.349 e. The summed E-state index contributed by atoms with van der Waals surface area (Å²) in [5.74, 6) is 0.609. The predicted octanol–water partition coefficient (Wildman–Crippen LogP) is 4.87. The second kappa shape index (κ2) is 11.3. The average molecular weight is 494 g/mol. The molecule has 0 aliphatic heterocycles. The van der Waals surface area contributed by atoms with Gasteiger partial charge in [-0.1, -0.05) is 44.2 Å². The molecule has 0 aliphatic rings. The quantitative estimate of drug-likeness (QED) is 0.405. The molecule has 0 unspecified atom stereocenters. The van der Waals surface area contributed by atoms with Gasteiger partial charge >= 0.3 is 5.97 Å². The Morgan fingerprint density at radius 2 is 1.75 bits per heavy atom. The Morgan fingerprint density at radius 1 is 1.06 bits per heavy atom. The molecule has 0 saturated carbocycles. The van der Waals surface area contributed by atoms with Crippen LogP contribution >= 0.6 is 0 Å². The fraction of sp³-hybridized carbons (Fsp3) is 0.393. The van der Waals surface area contributed by atoms with Gasteiger partial charge in [0.15, 0.2) is 17.1 Å². The number of methoxy groups -OCH3 is 1. The number of carbonyl (C=O) groups is 2. The maximum atomic E-state index is 12.9. The molecule has 192 valence electrons. The third-order valence-corrected chi connectivity index (χ3v) is 5.80. The van der Waals surface area contributed by atoms with Crippen molar-refractivity contribution >= 4 is 11.9 Å². The summed E-state index contributed by atoms with van der Waals surface area (Å²) in [6, 6.07) is 15.3. The van der Waals surface area contributed by atoms with Crippen molar-refractivity contribution in [3.05, 3.63) is 65.4 Å². The lowest BCUT2D eigenvalue weighted by Crippen LogP contribution is -2.39. The Hall–Kier alpha value is -3.81. The van der Waals surface area contributed by atoms with Gasteiger partial charge in [0.2, 0.25) is 0 Å². The van der Waals surface area contributed by atoms with Crippen LogP contribution < -0.4 is 14.8 Å². The van der Waals surface area contributed by atoms with Crippen LogP contribution in [-0.2, 0) is 23.1 Å². The number of hydrogen-bond acceptors (Lipinski definition) is 6. The average Bonchev–Trinajstić information content (AvgIpc) is 3.24. The number of amides is 1. The second-order valence-corrected chi connectivity index (χ2v) is 9.32. The molecule has 8 nitrogen and oxygen atoms in total. The van der Waals surface area contributed by atoms with Gasteiger partial charge in [-0.05, 0) is 56.0 Å². The Morgan fingerprint density at radius 3 is 2.36 bits per heavy atom. The number of aryl methyl sites for hydroxylation is 1. The molecule has 0 fully saturated rings. The zero-order valence-electron chi connectivity index (χ0n) is 22.0. The van der Waals surface area contributed by atoms with E-state index in [1.54, 1.807) is 50.7 Å². The van der Waals surface area contributed by atoms with Crippen LogP contribution in [0, 0.1) is 0 Å². The van der Waals surface area contributed by atoms with E-state index in [0.29, 0.717) is 23.1 Å². The molecular weight excluding hydrogens is 458 g/mol. The number of rotatable bonds is 10. The van der Waals surface area contributed by atoms with Crippen LogP contribution in [0.5, 0.6) is 11.5 Å². The third-order valence-electron chi connectivity index (χ3n) is 5.80. The monoisotopic (exact) mass is 493 g/mol. The third kappa shape index (κ3) is 6.24. The number of hydrogen-bond donors (Lipinski definition) is 1. The SMILES string of the molecule is CCOC(=O)C(C)(C)Oc1ccc(CNC(=O)c2cc(-c3ccc(C(C)C)cc3)nn2C)cc1OC. The van der Waals surface area contributed by atoms with Crippen LogP contribution in [0.2, 0.25) is 0 Å². The Bertz CT molecular complexity index is 1210. The van der Waals surface area contributed by atoms with Crippen LogP contribution in [0.3, 0.4) is 0 Å². The Kier molecular flexibility index (Phi) is 8.40. The standard InChI is InChI=1S/C28H35N3O5/c1-8-35-27(33)28(4,5)36-24-14-9-19(15-25(24)34-7)17-29-26(32)23-16-22(30-31(23)6)21-12-10-20(11-13-21)18(2)3/h9-16,18H,8,17H2,1-7H3,(H,29,32). The van der Waals surface area contributed by atoms with Gasteiger partial charge in [-0.3, -0.25) is 9.48 Å². The number of benzene rings is 2. The van der Waals surface area contributed by atoms with Crippen molar-refractivity contribution < 1.29 is 23.8 Å². The van der Waals surface area contributed by atoms with Crippen molar-refractivity contribution in [1.82, 2.24) is 15.1 Å². The molecule has 0 aliphatic carbocycles. The second-order valence-electron chi connectivity index (χ2n) is 9.32. The molecule has 0 saturated heterocycles. The topological polar surface area (TPSA) is 91.7 Å². The summed E-state index contributed by atoms with van der Waals surface area (Å²) in [7, 11) is 3.27. The van der Waals surface area contributed by atoms with Gasteiger partial charge in [0.25, 0.3) is 5.91 Å². The normalized spacial score (nSPS) is 11.3. The fourth-order valence-electron chi connectivity index (χ4n) is 3.66. The number of nitrogens with one attached hydrogen (secondary N) is 1. The minimum absolute atomic E-state index is 0.238. The van der Waals surface area contributed by atoms with E-state index in [1.165, 1.54) is 12.7 Å². The van der Waals surface area contributed by atoms with E-state index in [1.807, 2.05) is 18.2 Å². The minimum Gasteiger partial charge on any atom is -0.493 e. The van der Waals surface area contributed by atoms with Gasteiger partial charge in [0, 0.05) is 19.2 Å². The van der Waals surface area contributed by atoms with Crippen molar-refractivity contribution in [3.63, 3.8) is 0 Å². The van der Waals surface area contributed by atoms with Crippen molar-refractivity contribution in [1.29, 1.82) is 0 Å². The lowest BCUT2D eigenvalue weighted by molar-refractivity contribution is -0.158. The molecule has 0 radical (unpaired) electrons. The summed E-state index contributed by atoms with van der Waals surface area (Å²) in [6.45, 7) is 9.87. The summed E-state index contributed by atoms with van der Waals surface area (Å²) >= 11 is 0. The van der Waals surface area contributed by atoms with Crippen LogP contribution in [-0.4, -0.2) is 41.0 Å². The summed E-state index contributed by atoms with van der Waals surface area (Å²) < 4.78 is 18.0. The maximum absolute atomic E-state index is 12.9. The van der Waals surface area contributed by atoms with Crippen molar-refractivity contribution in [2.45, 2.75) is 52.7 Å². The molecule has 1 heterocycles. The van der Waals surface area contributed by atoms with Crippen LogP contribution in [0.1, 0.15) is 62.2 Å². The van der Waals surface area contributed by atoms with Crippen LogP contribution in [0.15, 0.2) is 48.5 Å².